The minimum Gasteiger partial charge on any atom is -0.492 e. The summed E-state index contributed by atoms with van der Waals surface area (Å²) < 4.78 is 5.40. The van der Waals surface area contributed by atoms with Crippen LogP contribution >= 0.6 is 0 Å². The fraction of sp³-hybridized carbons (Fsp3) is 0.429. The van der Waals surface area contributed by atoms with Crippen LogP contribution in [0.15, 0.2) is 24.3 Å². The molecule has 1 amide bonds. The zero-order valence-corrected chi connectivity index (χ0v) is 11.4. The Kier molecular flexibility index (Phi) is 4.92. The number of carboxylic acid groups (broad SMARTS) is 1. The third-order valence-electron chi connectivity index (χ3n) is 2.57. The first-order valence-electron chi connectivity index (χ1n) is 6.05. The second kappa shape index (κ2) is 6.22. The van der Waals surface area contributed by atoms with Crippen molar-refractivity contribution in [3.05, 3.63) is 29.8 Å². The average Bonchev–Trinajstić information content (AvgIpc) is 2.33. The summed E-state index contributed by atoms with van der Waals surface area (Å²) in [7, 11) is 0. The van der Waals surface area contributed by atoms with Gasteiger partial charge in [0.25, 0.3) is 0 Å². The van der Waals surface area contributed by atoms with Gasteiger partial charge in [0.2, 0.25) is 0 Å². The zero-order valence-electron chi connectivity index (χ0n) is 11.4. The maximum Gasteiger partial charge on any atom is 0.394 e. The van der Waals surface area contributed by atoms with E-state index in [1.54, 1.807) is 0 Å². The minimum absolute atomic E-state index is 0.0913. The SMILES string of the molecule is CC(C)(C)c1ccc(OCCNC(=O)C(=O)O)cc1. The lowest BCUT2D eigenvalue weighted by molar-refractivity contribution is -0.150. The number of hydrogen-bond acceptors (Lipinski definition) is 3. The number of carbonyl (C=O) groups excluding carboxylic acids is 1. The largest absolute Gasteiger partial charge is 0.492 e. The highest BCUT2D eigenvalue weighted by Gasteiger charge is 2.13. The summed E-state index contributed by atoms with van der Waals surface area (Å²) in [5.41, 5.74) is 1.30. The Morgan fingerprint density at radius 2 is 1.79 bits per heavy atom. The molecule has 0 aliphatic heterocycles. The number of aliphatic carboxylic acids is 1. The molecule has 0 heterocycles. The van der Waals surface area contributed by atoms with Gasteiger partial charge in [-0.3, -0.25) is 4.79 Å². The van der Waals surface area contributed by atoms with Crippen molar-refractivity contribution in [3.8, 4) is 5.75 Å². The Morgan fingerprint density at radius 3 is 2.26 bits per heavy atom. The molecule has 19 heavy (non-hydrogen) atoms. The summed E-state index contributed by atoms with van der Waals surface area (Å²) in [5, 5.41) is 10.6. The normalized spacial score (nSPS) is 10.9. The van der Waals surface area contributed by atoms with Crippen LogP contribution in [0.2, 0.25) is 0 Å². The number of rotatable bonds is 4. The van der Waals surface area contributed by atoms with Gasteiger partial charge in [0.05, 0.1) is 6.54 Å². The molecule has 0 atom stereocenters. The van der Waals surface area contributed by atoms with E-state index in [9.17, 15) is 9.59 Å². The smallest absolute Gasteiger partial charge is 0.394 e. The van der Waals surface area contributed by atoms with Gasteiger partial charge < -0.3 is 15.2 Å². The third-order valence-corrected chi connectivity index (χ3v) is 2.57. The van der Waals surface area contributed by atoms with E-state index in [-0.39, 0.29) is 18.6 Å². The first-order chi connectivity index (χ1) is 8.80. The number of ether oxygens (including phenoxy) is 1. The highest BCUT2D eigenvalue weighted by atomic mass is 16.5. The molecule has 0 aliphatic rings. The van der Waals surface area contributed by atoms with Gasteiger partial charge in [-0.2, -0.15) is 0 Å². The molecule has 1 aromatic rings. The second-order valence-corrected chi connectivity index (χ2v) is 5.18. The molecule has 5 nitrogen and oxygen atoms in total. The summed E-state index contributed by atoms with van der Waals surface area (Å²) in [5.74, 6) is -1.82. The molecule has 0 aromatic heterocycles. The van der Waals surface area contributed by atoms with E-state index in [0.717, 1.165) is 0 Å². The highest BCUT2D eigenvalue weighted by Crippen LogP contribution is 2.24. The monoisotopic (exact) mass is 265 g/mol. The summed E-state index contributed by atoms with van der Waals surface area (Å²) in [6.45, 7) is 6.78. The first kappa shape index (κ1) is 15.0. The van der Waals surface area contributed by atoms with Gasteiger partial charge in [-0.25, -0.2) is 4.79 Å². The van der Waals surface area contributed by atoms with Crippen LogP contribution in [0.5, 0.6) is 5.75 Å². The predicted octanol–water partition coefficient (Wildman–Crippen LogP) is 1.56. The van der Waals surface area contributed by atoms with Crippen LogP contribution in [-0.2, 0) is 15.0 Å². The molecule has 5 heteroatoms. The van der Waals surface area contributed by atoms with E-state index in [1.165, 1.54) is 5.56 Å². The van der Waals surface area contributed by atoms with E-state index < -0.39 is 11.9 Å². The van der Waals surface area contributed by atoms with Crippen molar-refractivity contribution in [2.45, 2.75) is 26.2 Å². The van der Waals surface area contributed by atoms with Gasteiger partial charge in [0.1, 0.15) is 12.4 Å². The summed E-state index contributed by atoms with van der Waals surface area (Å²) >= 11 is 0. The summed E-state index contributed by atoms with van der Waals surface area (Å²) in [6.07, 6.45) is 0. The minimum atomic E-state index is -1.49. The van der Waals surface area contributed by atoms with Crippen LogP contribution in [-0.4, -0.2) is 30.1 Å². The van der Waals surface area contributed by atoms with E-state index in [4.69, 9.17) is 9.84 Å². The number of amides is 1. The van der Waals surface area contributed by atoms with Crippen LogP contribution in [0.3, 0.4) is 0 Å². The molecule has 0 radical (unpaired) electrons. The van der Waals surface area contributed by atoms with Gasteiger partial charge in [-0.1, -0.05) is 32.9 Å². The molecule has 0 bridgehead atoms. The first-order valence-corrected chi connectivity index (χ1v) is 6.05. The Labute approximate surface area is 112 Å². The highest BCUT2D eigenvalue weighted by molar-refractivity contribution is 6.31. The molecular formula is C14H19NO4. The number of carbonyl (C=O) groups is 2. The Balaban J connectivity index is 2.39. The van der Waals surface area contributed by atoms with Crippen LogP contribution in [0.4, 0.5) is 0 Å². The summed E-state index contributed by atoms with van der Waals surface area (Å²) in [6, 6.07) is 7.70. The molecule has 1 aromatic carbocycles. The molecule has 0 spiro atoms. The van der Waals surface area contributed by atoms with Crippen molar-refractivity contribution in [2.24, 2.45) is 0 Å². The van der Waals surface area contributed by atoms with Gasteiger partial charge in [-0.15, -0.1) is 0 Å². The number of hydrogen-bond donors (Lipinski definition) is 2. The average molecular weight is 265 g/mol. The van der Waals surface area contributed by atoms with Crippen molar-refractivity contribution in [3.63, 3.8) is 0 Å². The fourth-order valence-electron chi connectivity index (χ4n) is 1.46. The van der Waals surface area contributed by atoms with E-state index in [0.29, 0.717) is 5.75 Å². The maximum absolute atomic E-state index is 10.7. The van der Waals surface area contributed by atoms with E-state index in [1.807, 2.05) is 24.3 Å². The molecular weight excluding hydrogens is 246 g/mol. The van der Waals surface area contributed by atoms with Crippen molar-refractivity contribution in [1.29, 1.82) is 0 Å². The molecule has 0 aliphatic carbocycles. The second-order valence-electron chi connectivity index (χ2n) is 5.18. The molecule has 104 valence electrons. The molecule has 0 fully saturated rings. The Hall–Kier alpha value is -2.04. The predicted molar refractivity (Wildman–Crippen MR) is 71.3 cm³/mol. The third kappa shape index (κ3) is 4.99. The standard InChI is InChI=1S/C14H19NO4/c1-14(2,3)10-4-6-11(7-5-10)19-9-8-15-12(16)13(17)18/h4-7H,8-9H2,1-3H3,(H,15,16)(H,17,18). The van der Waals surface area contributed by atoms with E-state index >= 15 is 0 Å². The lowest BCUT2D eigenvalue weighted by Gasteiger charge is -2.19. The Bertz CT molecular complexity index is 446. The van der Waals surface area contributed by atoms with E-state index in [2.05, 4.69) is 26.1 Å². The van der Waals surface area contributed by atoms with Crippen molar-refractivity contribution in [2.75, 3.05) is 13.2 Å². The number of benzene rings is 1. The Morgan fingerprint density at radius 1 is 1.21 bits per heavy atom. The van der Waals surface area contributed by atoms with Gasteiger partial charge in [0, 0.05) is 0 Å². The van der Waals surface area contributed by atoms with Crippen molar-refractivity contribution < 1.29 is 19.4 Å². The maximum atomic E-state index is 10.7. The van der Waals surface area contributed by atoms with Crippen molar-refractivity contribution >= 4 is 11.9 Å². The molecule has 1 rings (SSSR count). The topological polar surface area (TPSA) is 75.6 Å². The van der Waals surface area contributed by atoms with Crippen LogP contribution in [0, 0.1) is 0 Å². The van der Waals surface area contributed by atoms with Gasteiger partial charge in [0.15, 0.2) is 0 Å². The number of carboxylic acids is 1. The molecule has 0 saturated heterocycles. The molecule has 0 saturated carbocycles. The van der Waals surface area contributed by atoms with Gasteiger partial charge in [-0.05, 0) is 23.1 Å². The summed E-state index contributed by atoms with van der Waals surface area (Å²) in [4.78, 5) is 21.0. The molecule has 2 N–H and O–H groups in total. The quantitative estimate of drug-likeness (QED) is 0.640. The van der Waals surface area contributed by atoms with Crippen molar-refractivity contribution in [1.82, 2.24) is 5.32 Å². The molecule has 0 unspecified atom stereocenters. The zero-order chi connectivity index (χ0) is 14.5. The fourth-order valence-corrected chi connectivity index (χ4v) is 1.46. The van der Waals surface area contributed by atoms with Gasteiger partial charge >= 0.3 is 11.9 Å². The van der Waals surface area contributed by atoms with Crippen LogP contribution in [0.1, 0.15) is 26.3 Å². The van der Waals surface area contributed by atoms with Crippen LogP contribution < -0.4 is 10.1 Å². The van der Waals surface area contributed by atoms with Crippen LogP contribution in [0.25, 0.3) is 0 Å². The lowest BCUT2D eigenvalue weighted by atomic mass is 9.87. The number of nitrogens with one attached hydrogen (secondary N) is 1. The lowest BCUT2D eigenvalue weighted by Crippen LogP contribution is -2.33.